The molecule has 0 bridgehead atoms. The summed E-state index contributed by atoms with van der Waals surface area (Å²) in [6.45, 7) is 5.76. The lowest BCUT2D eigenvalue weighted by molar-refractivity contribution is -0.305. The van der Waals surface area contributed by atoms with E-state index in [4.69, 9.17) is 14.2 Å². The second-order valence-electron chi connectivity index (χ2n) is 24.3. The molecule has 11 nitrogen and oxygen atoms in total. The van der Waals surface area contributed by atoms with Gasteiger partial charge in [0.2, 0.25) is 5.91 Å². The second-order valence-corrected chi connectivity index (χ2v) is 24.3. The number of hydrogen-bond donors (Lipinski definition) is 6. The maximum absolute atomic E-state index is 13.4. The molecule has 0 aromatic heterocycles. The van der Waals surface area contributed by atoms with Crippen LogP contribution < -0.4 is 5.32 Å². The van der Waals surface area contributed by atoms with Crippen LogP contribution in [0.15, 0.2) is 60.8 Å². The van der Waals surface area contributed by atoms with Gasteiger partial charge in [-0.05, 0) is 83.5 Å². The Bertz CT molecular complexity index is 1580. The highest BCUT2D eigenvalue weighted by atomic mass is 16.7. The number of carbonyl (C=O) groups excluding carboxylic acids is 2. The highest BCUT2D eigenvalue weighted by Gasteiger charge is 2.47. The summed E-state index contributed by atoms with van der Waals surface area (Å²) in [6, 6.07) is -1.03. The van der Waals surface area contributed by atoms with Crippen LogP contribution in [0.4, 0.5) is 0 Å². The number of carbonyl (C=O) groups is 2. The molecule has 1 rings (SSSR count). The van der Waals surface area contributed by atoms with Crippen molar-refractivity contribution in [2.45, 2.75) is 372 Å². The van der Waals surface area contributed by atoms with E-state index in [1.165, 1.54) is 193 Å². The van der Waals surface area contributed by atoms with Crippen LogP contribution in [0.1, 0.15) is 323 Å². The number of hydrogen-bond acceptors (Lipinski definition) is 10. The summed E-state index contributed by atoms with van der Waals surface area (Å²) in [6.07, 6.45) is 65.5. The van der Waals surface area contributed by atoms with Crippen molar-refractivity contribution in [3.63, 3.8) is 0 Å². The van der Waals surface area contributed by atoms with Crippen LogP contribution >= 0.6 is 0 Å². The van der Waals surface area contributed by atoms with Crippen molar-refractivity contribution in [3.8, 4) is 0 Å². The summed E-state index contributed by atoms with van der Waals surface area (Å²) in [7, 11) is 0. The van der Waals surface area contributed by atoms with Gasteiger partial charge in [0, 0.05) is 6.42 Å². The van der Waals surface area contributed by atoms with Gasteiger partial charge in [0.25, 0.3) is 0 Å². The maximum atomic E-state index is 13.4. The number of aliphatic hydroxyl groups excluding tert-OH is 5. The molecular weight excluding hydrogens is 1040 g/mol. The van der Waals surface area contributed by atoms with Gasteiger partial charge in [0.05, 0.1) is 25.4 Å². The van der Waals surface area contributed by atoms with Crippen molar-refractivity contribution < 1.29 is 49.3 Å². The van der Waals surface area contributed by atoms with E-state index in [-0.39, 0.29) is 19.4 Å². The topological polar surface area (TPSA) is 175 Å². The number of esters is 1. The fourth-order valence-corrected chi connectivity index (χ4v) is 10.9. The highest BCUT2D eigenvalue weighted by Crippen LogP contribution is 2.26. The van der Waals surface area contributed by atoms with E-state index in [1.54, 1.807) is 6.08 Å². The fraction of sp³-hybridized carbons (Fsp3) is 0.833. The zero-order chi connectivity index (χ0) is 60.3. The molecule has 0 aromatic rings. The number of nitrogens with one attached hydrogen (secondary N) is 1. The Morgan fingerprint density at radius 2 is 0.867 bits per heavy atom. The van der Waals surface area contributed by atoms with Gasteiger partial charge in [-0.15, -0.1) is 0 Å². The third-order valence-corrected chi connectivity index (χ3v) is 16.4. The van der Waals surface area contributed by atoms with Gasteiger partial charge in [0.15, 0.2) is 12.4 Å². The van der Waals surface area contributed by atoms with Gasteiger partial charge in [-0.25, -0.2) is 0 Å². The Morgan fingerprint density at radius 3 is 1.33 bits per heavy atom. The monoisotopic (exact) mass is 1170 g/mol. The molecule has 1 saturated heterocycles. The minimum Gasteiger partial charge on any atom is -0.454 e. The Labute approximate surface area is 509 Å². The quantitative estimate of drug-likeness (QED) is 0.0149. The highest BCUT2D eigenvalue weighted by molar-refractivity contribution is 5.80. The minimum absolute atomic E-state index is 0.123. The van der Waals surface area contributed by atoms with E-state index in [0.29, 0.717) is 12.8 Å². The van der Waals surface area contributed by atoms with Crippen LogP contribution in [0.5, 0.6) is 0 Å². The molecule has 8 unspecified atom stereocenters. The van der Waals surface area contributed by atoms with E-state index >= 15 is 0 Å². The first-order valence-electron chi connectivity index (χ1n) is 35.1. The molecular formula is C72H131NO10. The first-order valence-corrected chi connectivity index (χ1v) is 35.1. The van der Waals surface area contributed by atoms with Crippen molar-refractivity contribution >= 4 is 11.9 Å². The molecule has 1 amide bonds. The molecule has 484 valence electrons. The fourth-order valence-electron chi connectivity index (χ4n) is 10.9. The number of aliphatic hydroxyl groups is 5. The Morgan fingerprint density at radius 1 is 0.482 bits per heavy atom. The average molecular weight is 1170 g/mol. The third-order valence-electron chi connectivity index (χ3n) is 16.4. The van der Waals surface area contributed by atoms with Crippen LogP contribution in [0.3, 0.4) is 0 Å². The van der Waals surface area contributed by atoms with E-state index in [2.05, 4.69) is 74.7 Å². The van der Waals surface area contributed by atoms with Gasteiger partial charge in [-0.3, -0.25) is 9.59 Å². The summed E-state index contributed by atoms with van der Waals surface area (Å²) in [5.74, 6) is -1.20. The molecule has 11 heteroatoms. The molecule has 0 aromatic carbocycles. The van der Waals surface area contributed by atoms with Crippen LogP contribution in [0.2, 0.25) is 0 Å². The van der Waals surface area contributed by atoms with Crippen LogP contribution in [0.25, 0.3) is 0 Å². The van der Waals surface area contributed by atoms with E-state index < -0.39 is 67.4 Å². The number of rotatable bonds is 60. The van der Waals surface area contributed by atoms with E-state index in [1.807, 2.05) is 6.08 Å². The number of ether oxygens (including phenoxy) is 3. The molecule has 1 fully saturated rings. The van der Waals surface area contributed by atoms with Crippen molar-refractivity contribution in [1.29, 1.82) is 0 Å². The molecule has 8 atom stereocenters. The molecule has 0 spiro atoms. The summed E-state index contributed by atoms with van der Waals surface area (Å²) < 4.78 is 17.7. The summed E-state index contributed by atoms with van der Waals surface area (Å²) in [4.78, 5) is 26.6. The average Bonchev–Trinajstić information content (AvgIpc) is 3.61. The van der Waals surface area contributed by atoms with Crippen LogP contribution in [-0.4, -0.2) is 99.6 Å². The largest absolute Gasteiger partial charge is 0.454 e. The first-order chi connectivity index (χ1) is 40.7. The van der Waals surface area contributed by atoms with Gasteiger partial charge in [0.1, 0.15) is 24.4 Å². The summed E-state index contributed by atoms with van der Waals surface area (Å²) in [5, 5.41) is 57.1. The molecule has 0 radical (unpaired) electrons. The summed E-state index contributed by atoms with van der Waals surface area (Å²) >= 11 is 0. The molecule has 1 aliphatic heterocycles. The number of amides is 1. The SMILES string of the molecule is CCCCC/C=C\C/C=C\CCCCCCCCCCCCCCCCCCCC(=O)OC1C(OCC(NC(=O)C(O)CCCCCCC/C=C/C=C/CCCCC)C(O)/C=C/CCCCCCCCCCCCC)OC(CO)C(O)C1O. The van der Waals surface area contributed by atoms with Crippen molar-refractivity contribution in [1.82, 2.24) is 5.32 Å². The zero-order valence-corrected chi connectivity index (χ0v) is 53.8. The maximum Gasteiger partial charge on any atom is 0.306 e. The standard InChI is InChI=1S/C72H131NO10/c1-4-7-10-13-16-19-22-25-27-28-29-30-31-32-33-34-35-36-37-38-39-42-45-48-51-54-57-60-67(77)83-70-69(79)68(78)66(61-74)82-72(70)81-62-63(64(75)58-55-52-49-46-43-40-24-21-18-15-12-9-6-3)73-71(80)65(76)59-56-53-50-47-44-41-26-23-20-17-14-11-8-5-2/h16-17,19-20,23,25-27,55,58,63-66,68-70,72,74-76,78-79H,4-15,18,21-22,24,28-54,56-57,59-62H2,1-3H3,(H,73,80)/b19-16-,20-17+,26-23+,27-25-,58-55+. The zero-order valence-electron chi connectivity index (χ0n) is 53.8. The van der Waals surface area contributed by atoms with Crippen LogP contribution in [-0.2, 0) is 23.8 Å². The van der Waals surface area contributed by atoms with Gasteiger partial charge in [-0.2, -0.15) is 0 Å². The lowest BCUT2D eigenvalue weighted by Crippen LogP contribution is -2.61. The van der Waals surface area contributed by atoms with Crippen molar-refractivity contribution in [2.75, 3.05) is 13.2 Å². The molecule has 0 aliphatic carbocycles. The van der Waals surface area contributed by atoms with E-state index in [9.17, 15) is 35.1 Å². The smallest absolute Gasteiger partial charge is 0.306 e. The number of allylic oxidation sites excluding steroid dienone is 9. The van der Waals surface area contributed by atoms with Gasteiger partial charge < -0.3 is 45.1 Å². The number of unbranched alkanes of at least 4 members (excludes halogenated alkanes) is 39. The molecule has 6 N–H and O–H groups in total. The van der Waals surface area contributed by atoms with Crippen LogP contribution in [0, 0.1) is 0 Å². The molecule has 0 saturated carbocycles. The Hall–Kier alpha value is -2.64. The third kappa shape index (κ3) is 47.2. The minimum atomic E-state index is -1.62. The second kappa shape index (κ2) is 59.7. The predicted octanol–water partition coefficient (Wildman–Crippen LogP) is 17.7. The van der Waals surface area contributed by atoms with Gasteiger partial charge >= 0.3 is 5.97 Å². The lowest BCUT2D eigenvalue weighted by atomic mass is 9.99. The Balaban J connectivity index is 2.54. The van der Waals surface area contributed by atoms with Gasteiger partial charge in [-0.1, -0.05) is 293 Å². The Kier molecular flexibility index (Phi) is 56.4. The molecule has 1 aliphatic rings. The molecule has 1 heterocycles. The molecule has 83 heavy (non-hydrogen) atoms. The normalized spacial score (nSPS) is 18.9. The van der Waals surface area contributed by atoms with E-state index in [0.717, 1.165) is 83.5 Å². The van der Waals surface area contributed by atoms with Crippen molar-refractivity contribution in [2.24, 2.45) is 0 Å². The lowest BCUT2D eigenvalue weighted by Gasteiger charge is -2.41. The first kappa shape index (κ1) is 78.4. The van der Waals surface area contributed by atoms with Crippen molar-refractivity contribution in [3.05, 3.63) is 60.8 Å². The summed E-state index contributed by atoms with van der Waals surface area (Å²) in [5.41, 5.74) is 0. The predicted molar refractivity (Wildman–Crippen MR) is 347 cm³/mol.